The fourth-order valence-electron chi connectivity index (χ4n) is 2.52. The number of rotatable bonds is 4. The van der Waals surface area contributed by atoms with Gasteiger partial charge in [0.2, 0.25) is 0 Å². The minimum atomic E-state index is -0.395. The Labute approximate surface area is 134 Å². The molecule has 23 heavy (non-hydrogen) atoms. The minimum Gasteiger partial charge on any atom is -0.497 e. The van der Waals surface area contributed by atoms with Gasteiger partial charge in [-0.05, 0) is 46.5 Å². The largest absolute Gasteiger partial charge is 0.497 e. The van der Waals surface area contributed by atoms with E-state index in [0.717, 1.165) is 28.0 Å². The molecule has 0 aliphatic carbocycles. The second kappa shape index (κ2) is 6.32. The number of nitrogens with zero attached hydrogens (tertiary/aromatic N) is 1. The Balaban J connectivity index is 2.14. The van der Waals surface area contributed by atoms with Crippen molar-refractivity contribution in [3.05, 3.63) is 82.9 Å². The van der Waals surface area contributed by atoms with Crippen LogP contribution < -0.4 is 4.74 Å². The van der Waals surface area contributed by atoms with Crippen LogP contribution >= 0.6 is 0 Å². The molecule has 0 aliphatic rings. The van der Waals surface area contributed by atoms with E-state index in [1.807, 2.05) is 48.5 Å². The molecule has 0 fully saturated rings. The first-order valence-corrected chi connectivity index (χ1v) is 7.17. The lowest BCUT2D eigenvalue weighted by Gasteiger charge is -2.12. The van der Waals surface area contributed by atoms with Crippen molar-refractivity contribution < 1.29 is 9.66 Å². The van der Waals surface area contributed by atoms with E-state index in [9.17, 15) is 10.1 Å². The van der Waals surface area contributed by atoms with Crippen LogP contribution in [0.3, 0.4) is 0 Å². The summed E-state index contributed by atoms with van der Waals surface area (Å²) in [5.41, 5.74) is 4.11. The Hall–Kier alpha value is -3.14. The van der Waals surface area contributed by atoms with Gasteiger partial charge in [-0.25, -0.2) is 0 Å². The third-order valence-corrected chi connectivity index (χ3v) is 3.70. The van der Waals surface area contributed by atoms with Crippen molar-refractivity contribution >= 4 is 5.69 Å². The summed E-state index contributed by atoms with van der Waals surface area (Å²) in [6.45, 7) is 0. The molecule has 3 aromatic rings. The summed E-state index contributed by atoms with van der Waals surface area (Å²) >= 11 is 0. The Bertz CT molecular complexity index is 827. The summed E-state index contributed by atoms with van der Waals surface area (Å²) in [5.74, 6) is 0.748. The minimum absolute atomic E-state index is 0.0814. The second-order valence-electron chi connectivity index (χ2n) is 5.08. The van der Waals surface area contributed by atoms with Gasteiger partial charge in [-0.3, -0.25) is 10.1 Å². The average Bonchev–Trinajstić information content (AvgIpc) is 2.62. The number of hydrogen-bond donors (Lipinski definition) is 0. The normalized spacial score (nSPS) is 10.3. The number of non-ortho nitro benzene ring substituents is 1. The average molecular weight is 305 g/mol. The second-order valence-corrected chi connectivity index (χ2v) is 5.08. The molecule has 0 spiro atoms. The van der Waals surface area contributed by atoms with Crippen LogP contribution in [-0.4, -0.2) is 12.0 Å². The van der Waals surface area contributed by atoms with Crippen molar-refractivity contribution in [2.45, 2.75) is 0 Å². The van der Waals surface area contributed by atoms with Crippen LogP contribution in [0.1, 0.15) is 0 Å². The van der Waals surface area contributed by atoms with E-state index in [1.54, 1.807) is 19.2 Å². The van der Waals surface area contributed by atoms with Crippen LogP contribution in [0, 0.1) is 10.1 Å². The molecule has 3 aromatic carbocycles. The maximum absolute atomic E-state index is 10.8. The summed E-state index contributed by atoms with van der Waals surface area (Å²) in [5, 5.41) is 10.8. The van der Waals surface area contributed by atoms with Gasteiger partial charge in [0.25, 0.3) is 5.69 Å². The summed E-state index contributed by atoms with van der Waals surface area (Å²) in [6, 6.07) is 22.4. The SMILES string of the molecule is COc1ccc(-c2ccccc2)c(-c2ccc([N+](=O)[O-])cc2)c1. The number of hydrogen-bond acceptors (Lipinski definition) is 3. The van der Waals surface area contributed by atoms with E-state index in [2.05, 4.69) is 0 Å². The van der Waals surface area contributed by atoms with Gasteiger partial charge in [-0.2, -0.15) is 0 Å². The van der Waals surface area contributed by atoms with Crippen molar-refractivity contribution in [2.24, 2.45) is 0 Å². The highest BCUT2D eigenvalue weighted by Gasteiger charge is 2.11. The third kappa shape index (κ3) is 3.06. The van der Waals surface area contributed by atoms with Gasteiger partial charge in [0.15, 0.2) is 0 Å². The molecule has 0 saturated carbocycles. The van der Waals surface area contributed by atoms with Crippen molar-refractivity contribution in [1.82, 2.24) is 0 Å². The van der Waals surface area contributed by atoms with Gasteiger partial charge in [0, 0.05) is 12.1 Å². The molecule has 0 unspecified atom stereocenters. The highest BCUT2D eigenvalue weighted by Crippen LogP contribution is 2.35. The van der Waals surface area contributed by atoms with Crippen LogP contribution in [0.15, 0.2) is 72.8 Å². The maximum Gasteiger partial charge on any atom is 0.269 e. The smallest absolute Gasteiger partial charge is 0.269 e. The van der Waals surface area contributed by atoms with Gasteiger partial charge >= 0.3 is 0 Å². The Morgan fingerprint density at radius 3 is 2.09 bits per heavy atom. The molecule has 0 heterocycles. The molecular formula is C19H15NO3. The highest BCUT2D eigenvalue weighted by molar-refractivity contribution is 5.84. The molecule has 0 saturated heterocycles. The molecule has 0 aromatic heterocycles. The first-order valence-electron chi connectivity index (χ1n) is 7.17. The predicted molar refractivity (Wildman–Crippen MR) is 90.5 cm³/mol. The summed E-state index contributed by atoms with van der Waals surface area (Å²) in [7, 11) is 1.62. The molecule has 0 aliphatic heterocycles. The van der Waals surface area contributed by atoms with Gasteiger partial charge in [-0.15, -0.1) is 0 Å². The number of ether oxygens (including phenoxy) is 1. The van der Waals surface area contributed by atoms with Crippen LogP contribution in [-0.2, 0) is 0 Å². The molecule has 3 rings (SSSR count). The van der Waals surface area contributed by atoms with Crippen LogP contribution in [0.5, 0.6) is 5.75 Å². The van der Waals surface area contributed by atoms with Crippen LogP contribution in [0.4, 0.5) is 5.69 Å². The molecule has 0 amide bonds. The van der Waals surface area contributed by atoms with Gasteiger partial charge in [-0.1, -0.05) is 36.4 Å². The predicted octanol–water partition coefficient (Wildman–Crippen LogP) is 4.94. The lowest BCUT2D eigenvalue weighted by molar-refractivity contribution is -0.384. The van der Waals surface area contributed by atoms with Crippen molar-refractivity contribution in [3.63, 3.8) is 0 Å². The first-order chi connectivity index (χ1) is 11.2. The Morgan fingerprint density at radius 2 is 1.48 bits per heavy atom. The molecule has 0 N–H and O–H groups in total. The Morgan fingerprint density at radius 1 is 0.826 bits per heavy atom. The van der Waals surface area contributed by atoms with Crippen molar-refractivity contribution in [1.29, 1.82) is 0 Å². The zero-order valence-electron chi connectivity index (χ0n) is 12.6. The quantitative estimate of drug-likeness (QED) is 0.507. The van der Waals surface area contributed by atoms with Gasteiger partial charge in [0.1, 0.15) is 5.75 Å². The zero-order chi connectivity index (χ0) is 16.2. The van der Waals surface area contributed by atoms with E-state index < -0.39 is 4.92 Å². The summed E-state index contributed by atoms with van der Waals surface area (Å²) in [6.07, 6.45) is 0. The molecule has 114 valence electrons. The highest BCUT2D eigenvalue weighted by atomic mass is 16.6. The maximum atomic E-state index is 10.8. The molecular weight excluding hydrogens is 290 g/mol. The fraction of sp³-hybridized carbons (Fsp3) is 0.0526. The monoisotopic (exact) mass is 305 g/mol. The van der Waals surface area contributed by atoms with Gasteiger partial charge in [0.05, 0.1) is 12.0 Å². The van der Waals surface area contributed by atoms with E-state index >= 15 is 0 Å². The fourth-order valence-corrected chi connectivity index (χ4v) is 2.52. The molecule has 0 radical (unpaired) electrons. The van der Waals surface area contributed by atoms with E-state index in [1.165, 1.54) is 12.1 Å². The topological polar surface area (TPSA) is 52.4 Å². The molecule has 4 nitrogen and oxygen atoms in total. The van der Waals surface area contributed by atoms with Crippen LogP contribution in [0.25, 0.3) is 22.3 Å². The van der Waals surface area contributed by atoms with Crippen LogP contribution in [0.2, 0.25) is 0 Å². The summed E-state index contributed by atoms with van der Waals surface area (Å²) in [4.78, 5) is 10.4. The van der Waals surface area contributed by atoms with Gasteiger partial charge < -0.3 is 4.74 Å². The molecule has 0 atom stereocenters. The first kappa shape index (κ1) is 14.8. The summed E-state index contributed by atoms with van der Waals surface area (Å²) < 4.78 is 5.32. The number of methoxy groups -OCH3 is 1. The van der Waals surface area contributed by atoms with Crippen molar-refractivity contribution in [3.8, 4) is 28.0 Å². The van der Waals surface area contributed by atoms with E-state index in [0.29, 0.717) is 0 Å². The molecule has 4 heteroatoms. The zero-order valence-corrected chi connectivity index (χ0v) is 12.6. The van der Waals surface area contributed by atoms with Crippen molar-refractivity contribution in [2.75, 3.05) is 7.11 Å². The number of nitro benzene ring substituents is 1. The lowest BCUT2D eigenvalue weighted by atomic mass is 9.94. The Kier molecular flexibility index (Phi) is 4.06. The standard InChI is InChI=1S/C19H15NO3/c1-23-17-11-12-18(14-5-3-2-4-6-14)19(13-17)15-7-9-16(10-8-15)20(21)22/h2-13H,1H3. The number of nitro groups is 1. The number of benzene rings is 3. The van der Waals surface area contributed by atoms with E-state index in [4.69, 9.17) is 4.74 Å². The molecule has 0 bridgehead atoms. The third-order valence-electron chi connectivity index (χ3n) is 3.70. The van der Waals surface area contributed by atoms with E-state index in [-0.39, 0.29) is 5.69 Å². The lowest BCUT2D eigenvalue weighted by Crippen LogP contribution is -1.90.